The van der Waals surface area contributed by atoms with Crippen LogP contribution in [0.1, 0.15) is 10.4 Å². The van der Waals surface area contributed by atoms with Gasteiger partial charge in [0, 0.05) is 23.7 Å². The van der Waals surface area contributed by atoms with E-state index in [1.165, 1.54) is 12.1 Å². The summed E-state index contributed by atoms with van der Waals surface area (Å²) in [6.45, 7) is 0.957. The minimum atomic E-state index is -0.329. The molecule has 3 rings (SSSR count). The summed E-state index contributed by atoms with van der Waals surface area (Å²) >= 11 is 0. The number of fused-ring (bicyclic) bond motifs is 1. The fourth-order valence-corrected chi connectivity index (χ4v) is 2.19. The Morgan fingerprint density at radius 1 is 1.19 bits per heavy atom. The van der Waals surface area contributed by atoms with Gasteiger partial charge in [0.15, 0.2) is 0 Å². The number of aromatic nitrogens is 3. The quantitative estimate of drug-likeness (QED) is 0.797. The zero-order chi connectivity index (χ0) is 14.7. The first-order valence-corrected chi connectivity index (χ1v) is 6.55. The molecular formula is C15H13FN4O. The Balaban J connectivity index is 1.77. The van der Waals surface area contributed by atoms with Crippen LogP contribution in [0.4, 0.5) is 4.39 Å². The van der Waals surface area contributed by atoms with Gasteiger partial charge in [0.25, 0.3) is 5.91 Å². The third-order valence-corrected chi connectivity index (χ3v) is 3.21. The minimum absolute atomic E-state index is 0.230. The molecule has 0 bridgehead atoms. The van der Waals surface area contributed by atoms with Crippen LogP contribution in [-0.2, 0) is 6.54 Å². The lowest BCUT2D eigenvalue weighted by Crippen LogP contribution is -2.27. The fourth-order valence-electron chi connectivity index (χ4n) is 2.19. The molecule has 0 unspecified atom stereocenters. The van der Waals surface area contributed by atoms with Crippen molar-refractivity contribution in [2.75, 3.05) is 6.54 Å². The summed E-state index contributed by atoms with van der Waals surface area (Å²) in [6.07, 6.45) is 3.30. The van der Waals surface area contributed by atoms with Crippen molar-refractivity contribution in [2.45, 2.75) is 6.54 Å². The molecule has 0 aliphatic rings. The van der Waals surface area contributed by atoms with E-state index in [2.05, 4.69) is 15.6 Å². The molecule has 0 fully saturated rings. The lowest BCUT2D eigenvalue weighted by molar-refractivity contribution is 0.0953. The third-order valence-electron chi connectivity index (χ3n) is 3.21. The molecule has 0 radical (unpaired) electrons. The predicted molar refractivity (Wildman–Crippen MR) is 76.3 cm³/mol. The van der Waals surface area contributed by atoms with Crippen LogP contribution in [0.15, 0.2) is 48.8 Å². The molecule has 0 aliphatic carbocycles. The Kier molecular flexibility index (Phi) is 3.59. The average Bonchev–Trinajstić information content (AvgIpc) is 3.01. The van der Waals surface area contributed by atoms with Gasteiger partial charge in [0.2, 0.25) is 0 Å². The molecule has 3 aromatic rings. The Hall–Kier alpha value is -2.76. The molecule has 0 spiro atoms. The lowest BCUT2D eigenvalue weighted by atomic mass is 10.0. The average molecular weight is 284 g/mol. The summed E-state index contributed by atoms with van der Waals surface area (Å²) in [6, 6.07) is 9.75. The topological polar surface area (TPSA) is 59.8 Å². The number of rotatable bonds is 4. The maximum absolute atomic E-state index is 13.7. The van der Waals surface area contributed by atoms with Crippen LogP contribution in [0.25, 0.3) is 10.8 Å². The summed E-state index contributed by atoms with van der Waals surface area (Å²) in [5.41, 5.74) is 0.464. The van der Waals surface area contributed by atoms with Crippen molar-refractivity contribution in [2.24, 2.45) is 0 Å². The number of amides is 1. The van der Waals surface area contributed by atoms with Gasteiger partial charge in [-0.2, -0.15) is 0 Å². The lowest BCUT2D eigenvalue weighted by Gasteiger charge is -2.08. The normalized spacial score (nSPS) is 10.7. The minimum Gasteiger partial charge on any atom is -0.350 e. The summed E-state index contributed by atoms with van der Waals surface area (Å²) < 4.78 is 15.3. The van der Waals surface area contributed by atoms with Crippen LogP contribution >= 0.6 is 0 Å². The molecule has 1 N–H and O–H groups in total. The molecule has 6 heteroatoms. The van der Waals surface area contributed by atoms with Gasteiger partial charge in [-0.05, 0) is 17.5 Å². The van der Waals surface area contributed by atoms with Crippen molar-refractivity contribution in [3.63, 3.8) is 0 Å². The van der Waals surface area contributed by atoms with Crippen LogP contribution in [0, 0.1) is 5.82 Å². The summed E-state index contributed by atoms with van der Waals surface area (Å²) in [4.78, 5) is 12.2. The van der Waals surface area contributed by atoms with Crippen molar-refractivity contribution in [3.05, 3.63) is 60.2 Å². The summed E-state index contributed by atoms with van der Waals surface area (Å²) in [7, 11) is 0. The number of carbonyl (C=O) groups is 1. The van der Waals surface area contributed by atoms with E-state index in [4.69, 9.17) is 0 Å². The Bertz CT molecular complexity index is 770. The van der Waals surface area contributed by atoms with Gasteiger partial charge in [-0.25, -0.2) is 4.39 Å². The molecule has 1 aromatic heterocycles. The second-order valence-electron chi connectivity index (χ2n) is 4.56. The first-order chi connectivity index (χ1) is 10.3. The van der Waals surface area contributed by atoms with Crippen molar-refractivity contribution < 1.29 is 9.18 Å². The van der Waals surface area contributed by atoms with Crippen LogP contribution in [0.3, 0.4) is 0 Å². The first-order valence-electron chi connectivity index (χ1n) is 6.55. The Morgan fingerprint density at radius 3 is 2.76 bits per heavy atom. The van der Waals surface area contributed by atoms with E-state index in [0.29, 0.717) is 29.4 Å². The number of nitrogens with zero attached hydrogens (tertiary/aromatic N) is 3. The molecule has 2 aromatic carbocycles. The number of hydrogen-bond acceptors (Lipinski definition) is 3. The molecule has 5 nitrogen and oxygen atoms in total. The molecule has 0 atom stereocenters. The van der Waals surface area contributed by atoms with E-state index in [-0.39, 0.29) is 11.7 Å². The zero-order valence-electron chi connectivity index (χ0n) is 11.2. The largest absolute Gasteiger partial charge is 0.350 e. The fraction of sp³-hybridized carbons (Fsp3) is 0.133. The number of carbonyl (C=O) groups excluding carboxylic acids is 1. The number of nitrogens with one attached hydrogen (secondary N) is 1. The van der Waals surface area contributed by atoms with Crippen LogP contribution in [0.2, 0.25) is 0 Å². The molecule has 21 heavy (non-hydrogen) atoms. The van der Waals surface area contributed by atoms with Crippen molar-refractivity contribution in [3.8, 4) is 0 Å². The Labute approximate surface area is 120 Å². The highest BCUT2D eigenvalue weighted by atomic mass is 19.1. The molecule has 0 aliphatic heterocycles. The van der Waals surface area contributed by atoms with Gasteiger partial charge >= 0.3 is 0 Å². The number of benzene rings is 2. The summed E-state index contributed by atoms with van der Waals surface area (Å²) in [5, 5.41) is 11.4. The van der Waals surface area contributed by atoms with Crippen LogP contribution < -0.4 is 5.32 Å². The standard InChI is InChI=1S/C15H13FN4O/c16-14-6-5-13(11-3-1-2-4-12(11)14)15(21)17-7-9-20-10-8-18-19-20/h1-6,8,10H,7,9H2,(H,17,21). The maximum atomic E-state index is 13.7. The van der Waals surface area contributed by atoms with E-state index < -0.39 is 0 Å². The molecule has 0 saturated heterocycles. The van der Waals surface area contributed by atoms with E-state index in [1.54, 1.807) is 41.3 Å². The van der Waals surface area contributed by atoms with E-state index in [1.807, 2.05) is 0 Å². The van der Waals surface area contributed by atoms with Crippen LogP contribution in [-0.4, -0.2) is 27.4 Å². The highest BCUT2D eigenvalue weighted by molar-refractivity contribution is 6.07. The second kappa shape index (κ2) is 5.70. The van der Waals surface area contributed by atoms with E-state index >= 15 is 0 Å². The molecule has 106 valence electrons. The van der Waals surface area contributed by atoms with Crippen molar-refractivity contribution >= 4 is 16.7 Å². The zero-order valence-corrected chi connectivity index (χ0v) is 11.2. The molecular weight excluding hydrogens is 271 g/mol. The monoisotopic (exact) mass is 284 g/mol. The number of hydrogen-bond donors (Lipinski definition) is 1. The van der Waals surface area contributed by atoms with Gasteiger partial charge in [0.05, 0.1) is 12.7 Å². The molecule has 1 amide bonds. The van der Waals surface area contributed by atoms with Gasteiger partial charge in [0.1, 0.15) is 5.82 Å². The summed E-state index contributed by atoms with van der Waals surface area (Å²) in [5.74, 6) is -0.559. The van der Waals surface area contributed by atoms with E-state index in [9.17, 15) is 9.18 Å². The van der Waals surface area contributed by atoms with Gasteiger partial charge in [-0.15, -0.1) is 5.10 Å². The van der Waals surface area contributed by atoms with Gasteiger partial charge in [-0.1, -0.05) is 29.5 Å². The Morgan fingerprint density at radius 2 is 2.00 bits per heavy atom. The molecule has 1 heterocycles. The van der Waals surface area contributed by atoms with Gasteiger partial charge < -0.3 is 5.32 Å². The predicted octanol–water partition coefficient (Wildman–Crippen LogP) is 2.00. The highest BCUT2D eigenvalue weighted by Crippen LogP contribution is 2.21. The smallest absolute Gasteiger partial charge is 0.251 e. The first kappa shape index (κ1) is 13.2. The maximum Gasteiger partial charge on any atom is 0.251 e. The van der Waals surface area contributed by atoms with E-state index in [0.717, 1.165) is 0 Å². The van der Waals surface area contributed by atoms with Gasteiger partial charge in [-0.3, -0.25) is 9.48 Å². The number of halogens is 1. The van der Waals surface area contributed by atoms with Crippen LogP contribution in [0.5, 0.6) is 0 Å². The second-order valence-corrected chi connectivity index (χ2v) is 4.56. The van der Waals surface area contributed by atoms with Crippen molar-refractivity contribution in [1.29, 1.82) is 0 Å². The highest BCUT2D eigenvalue weighted by Gasteiger charge is 2.11. The SMILES string of the molecule is O=C(NCCn1ccnn1)c1ccc(F)c2ccccc12. The third kappa shape index (κ3) is 2.74. The van der Waals surface area contributed by atoms with Crippen molar-refractivity contribution in [1.82, 2.24) is 20.3 Å². The molecule has 0 saturated carbocycles.